The highest BCUT2D eigenvalue weighted by atomic mass is 16.5. The molecule has 4 aliphatic rings. The van der Waals surface area contributed by atoms with Crippen LogP contribution in [0.25, 0.3) is 0 Å². The third-order valence-corrected chi connectivity index (χ3v) is 9.64. The van der Waals surface area contributed by atoms with E-state index in [1.54, 1.807) is 9.80 Å². The lowest BCUT2D eigenvalue weighted by Gasteiger charge is -2.41. The van der Waals surface area contributed by atoms with Gasteiger partial charge in [-0.2, -0.15) is 0 Å². The number of aliphatic hydroxyl groups excluding tert-OH is 1. The van der Waals surface area contributed by atoms with E-state index in [1.165, 1.54) is 0 Å². The Balaban J connectivity index is 1.60. The summed E-state index contributed by atoms with van der Waals surface area (Å²) < 4.78 is 7.08. The molecule has 0 saturated carbocycles. The Hall–Kier alpha value is -2.97. The summed E-state index contributed by atoms with van der Waals surface area (Å²) in [5.41, 5.74) is -1.30. The van der Waals surface area contributed by atoms with Gasteiger partial charge in [-0.15, -0.1) is 0 Å². The van der Waals surface area contributed by atoms with Gasteiger partial charge in [0.05, 0.1) is 30.1 Å². The van der Waals surface area contributed by atoms with E-state index in [9.17, 15) is 19.5 Å². The number of likely N-dealkylation sites (tertiary alicyclic amines) is 1. The molecule has 8 heteroatoms. The van der Waals surface area contributed by atoms with Gasteiger partial charge in [-0.1, -0.05) is 95.2 Å². The molecule has 1 aromatic carbocycles. The average Bonchev–Trinajstić information content (AvgIpc) is 3.28. The number of ether oxygens (including phenoxy) is 1. The lowest BCUT2D eigenvalue weighted by atomic mass is 9.73. The molecule has 8 nitrogen and oxygen atoms in total. The number of benzene rings is 1. The van der Waals surface area contributed by atoms with E-state index in [0.29, 0.717) is 39.0 Å². The van der Waals surface area contributed by atoms with Crippen molar-refractivity contribution in [1.29, 1.82) is 0 Å². The first-order valence-electron chi connectivity index (χ1n) is 15.8. The van der Waals surface area contributed by atoms with Gasteiger partial charge in [0.1, 0.15) is 11.6 Å². The topological polar surface area (TPSA) is 90.4 Å². The second-order valence-corrected chi connectivity index (χ2v) is 12.8. The molecule has 6 atom stereocenters. The highest BCUT2D eigenvalue weighted by Crippen LogP contribution is 2.59. The summed E-state index contributed by atoms with van der Waals surface area (Å²) in [5, 5.41) is 10.6. The monoisotopic (exact) mass is 577 g/mol. The van der Waals surface area contributed by atoms with Crippen LogP contribution in [0.5, 0.6) is 0 Å². The van der Waals surface area contributed by atoms with Gasteiger partial charge < -0.3 is 24.5 Å². The van der Waals surface area contributed by atoms with Gasteiger partial charge in [0.15, 0.2) is 0 Å². The van der Waals surface area contributed by atoms with Gasteiger partial charge in [-0.05, 0) is 30.7 Å². The Kier molecular flexibility index (Phi) is 8.95. The molecule has 1 aromatic rings. The van der Waals surface area contributed by atoms with Crippen molar-refractivity contribution >= 4 is 17.7 Å². The smallest absolute Gasteiger partial charge is 0.249 e. The lowest BCUT2D eigenvalue weighted by Crippen LogP contribution is -2.59. The molecule has 1 unspecified atom stereocenters. The maximum Gasteiger partial charge on any atom is 0.249 e. The second-order valence-electron chi connectivity index (χ2n) is 12.8. The zero-order valence-electron chi connectivity index (χ0n) is 25.6. The van der Waals surface area contributed by atoms with Gasteiger partial charge in [-0.25, -0.2) is 0 Å². The molecule has 4 heterocycles. The van der Waals surface area contributed by atoms with Crippen LogP contribution in [0.1, 0.15) is 65.4 Å². The fourth-order valence-corrected chi connectivity index (χ4v) is 7.71. The highest BCUT2D eigenvalue weighted by Gasteiger charge is 2.75. The van der Waals surface area contributed by atoms with Gasteiger partial charge in [0, 0.05) is 26.2 Å². The molecule has 2 fully saturated rings. The van der Waals surface area contributed by atoms with Crippen LogP contribution < -0.4 is 0 Å². The van der Waals surface area contributed by atoms with E-state index in [2.05, 4.69) is 6.92 Å². The number of hydrogen-bond donors (Lipinski definition) is 1. The Morgan fingerprint density at radius 1 is 0.929 bits per heavy atom. The molecular formula is C34H47N3O5. The Bertz CT molecular complexity index is 1210. The minimum absolute atomic E-state index is 0.129. The van der Waals surface area contributed by atoms with Crippen molar-refractivity contribution in [2.45, 2.75) is 89.6 Å². The third-order valence-electron chi connectivity index (χ3n) is 9.64. The van der Waals surface area contributed by atoms with E-state index < -0.39 is 35.1 Å². The van der Waals surface area contributed by atoms with Crippen molar-refractivity contribution in [2.24, 2.45) is 17.8 Å². The van der Waals surface area contributed by atoms with Crippen LogP contribution in [0, 0.1) is 17.8 Å². The van der Waals surface area contributed by atoms with Crippen LogP contribution in [0.3, 0.4) is 0 Å². The molecule has 1 N–H and O–H groups in total. The van der Waals surface area contributed by atoms with Crippen LogP contribution in [-0.2, 0) is 25.7 Å². The normalized spacial score (nSPS) is 31.3. The van der Waals surface area contributed by atoms with E-state index in [1.807, 2.05) is 80.3 Å². The molecule has 4 aliphatic heterocycles. The van der Waals surface area contributed by atoms with E-state index in [-0.39, 0.29) is 30.2 Å². The molecule has 3 amide bonds. The van der Waals surface area contributed by atoms with Crippen LogP contribution in [0.2, 0.25) is 0 Å². The minimum atomic E-state index is -1.30. The molecular weight excluding hydrogens is 530 g/mol. The van der Waals surface area contributed by atoms with Crippen molar-refractivity contribution in [3.05, 3.63) is 60.2 Å². The van der Waals surface area contributed by atoms with E-state index in [4.69, 9.17) is 4.74 Å². The summed E-state index contributed by atoms with van der Waals surface area (Å²) >= 11 is 0. The molecule has 5 rings (SSSR count). The van der Waals surface area contributed by atoms with Crippen LogP contribution >= 0.6 is 0 Å². The van der Waals surface area contributed by atoms with Crippen molar-refractivity contribution in [1.82, 2.24) is 14.7 Å². The van der Waals surface area contributed by atoms with Crippen LogP contribution in [0.15, 0.2) is 54.6 Å². The number of aliphatic hydroxyl groups is 1. The summed E-state index contributed by atoms with van der Waals surface area (Å²) in [6, 6.07) is 8.37. The van der Waals surface area contributed by atoms with E-state index >= 15 is 0 Å². The first-order valence-corrected chi connectivity index (χ1v) is 15.8. The quantitative estimate of drug-likeness (QED) is 0.318. The van der Waals surface area contributed by atoms with Gasteiger partial charge >= 0.3 is 0 Å². The molecule has 1 spiro atoms. The summed E-state index contributed by atoms with van der Waals surface area (Å²) in [6.45, 7) is 9.82. The average molecular weight is 578 g/mol. The van der Waals surface area contributed by atoms with Crippen LogP contribution in [-0.4, -0.2) is 87.1 Å². The van der Waals surface area contributed by atoms with Crippen molar-refractivity contribution in [3.8, 4) is 0 Å². The number of amides is 3. The summed E-state index contributed by atoms with van der Waals surface area (Å²) in [7, 11) is 0. The predicted octanol–water partition coefficient (Wildman–Crippen LogP) is 3.94. The molecule has 228 valence electrons. The standard InChI is InChI=1S/C34H47N3O5/c1-5-7-11-18-35-19-13-17-34-28(31(40)37(29(34)32(35)41)26(23-38)21-24(3)4)27-30(39)36(22-25-14-9-8-10-15-25)20-12-16-33(27,6-2)42-34/h8-10,12-17,24,26-29,38H,5-7,11,18-23H2,1-4H3/t26-,27+,28+,29?,33-,34+/m1/s1. The summed E-state index contributed by atoms with van der Waals surface area (Å²) in [4.78, 5) is 49.0. The van der Waals surface area contributed by atoms with Crippen molar-refractivity contribution in [3.63, 3.8) is 0 Å². The third kappa shape index (κ3) is 5.11. The SMILES string of the molecule is CCCCCN1CC=C[C@]23O[C@]4(CC)C=CCN(Cc5ccccc5)C(=O)[C@@H]4[C@H]2C(=O)N([C@@H](CO)CC(C)C)C3C1=O. The Labute approximate surface area is 250 Å². The summed E-state index contributed by atoms with van der Waals surface area (Å²) in [5.74, 6) is -2.01. The number of carbonyl (C=O) groups is 3. The maximum atomic E-state index is 14.7. The van der Waals surface area contributed by atoms with Gasteiger partial charge in [0.2, 0.25) is 17.7 Å². The predicted molar refractivity (Wildman–Crippen MR) is 161 cm³/mol. The summed E-state index contributed by atoms with van der Waals surface area (Å²) in [6.07, 6.45) is 11.8. The Morgan fingerprint density at radius 2 is 1.64 bits per heavy atom. The number of unbranched alkanes of at least 4 members (excludes halogenated alkanes) is 2. The number of fused-ring (bicyclic) bond motifs is 2. The Morgan fingerprint density at radius 3 is 2.31 bits per heavy atom. The van der Waals surface area contributed by atoms with E-state index in [0.717, 1.165) is 24.8 Å². The van der Waals surface area contributed by atoms with Gasteiger partial charge in [-0.3, -0.25) is 14.4 Å². The first kappa shape index (κ1) is 30.5. The second kappa shape index (κ2) is 12.3. The lowest BCUT2D eigenvalue weighted by molar-refractivity contribution is -0.157. The van der Waals surface area contributed by atoms with Gasteiger partial charge in [0.25, 0.3) is 0 Å². The first-order chi connectivity index (χ1) is 20.2. The molecule has 42 heavy (non-hydrogen) atoms. The molecule has 0 bridgehead atoms. The molecule has 2 saturated heterocycles. The number of rotatable bonds is 11. The molecule has 0 aromatic heterocycles. The van der Waals surface area contributed by atoms with Crippen molar-refractivity contribution < 1.29 is 24.2 Å². The zero-order valence-corrected chi connectivity index (χ0v) is 25.6. The number of carbonyl (C=O) groups excluding carboxylic acids is 3. The molecule has 0 radical (unpaired) electrons. The fourth-order valence-electron chi connectivity index (χ4n) is 7.71. The van der Waals surface area contributed by atoms with Crippen molar-refractivity contribution in [2.75, 3.05) is 26.2 Å². The maximum absolute atomic E-state index is 14.7. The minimum Gasteiger partial charge on any atom is -0.394 e. The number of nitrogens with zero attached hydrogens (tertiary/aromatic N) is 3. The zero-order chi connectivity index (χ0) is 30.1. The fraction of sp³-hybridized carbons (Fsp3) is 0.618. The molecule has 0 aliphatic carbocycles. The highest BCUT2D eigenvalue weighted by molar-refractivity contribution is 6.00. The number of hydrogen-bond acceptors (Lipinski definition) is 5. The largest absolute Gasteiger partial charge is 0.394 e. The van der Waals surface area contributed by atoms with Crippen LogP contribution in [0.4, 0.5) is 0 Å².